The number of hydrogen-bond donors (Lipinski definition) is 2. The van der Waals surface area contributed by atoms with Crippen LogP contribution in [0.5, 0.6) is 0 Å². The van der Waals surface area contributed by atoms with Crippen LogP contribution in [0.25, 0.3) is 0 Å². The molecule has 0 unspecified atom stereocenters. The first-order chi connectivity index (χ1) is 14.3. The molecule has 0 aromatic heterocycles. The number of nitrogens with one attached hydrogen (secondary N) is 2. The van der Waals surface area contributed by atoms with Gasteiger partial charge in [0.15, 0.2) is 0 Å². The van der Waals surface area contributed by atoms with Gasteiger partial charge in [0.25, 0.3) is 0 Å². The molecular formula is C21H44N2O7. The second kappa shape index (κ2) is 20.0. The van der Waals surface area contributed by atoms with E-state index < -0.39 is 11.7 Å². The van der Waals surface area contributed by atoms with Crippen molar-refractivity contribution in [3.63, 3.8) is 0 Å². The van der Waals surface area contributed by atoms with Crippen LogP contribution in [0.3, 0.4) is 0 Å². The SMILES string of the molecule is CC(C)CNCCOCCOCCOCCOCCOCCNC(=O)OC(C)(C)C. The van der Waals surface area contributed by atoms with Crippen molar-refractivity contribution >= 4 is 6.09 Å². The Labute approximate surface area is 182 Å². The number of carbonyl (C=O) groups excluding carboxylic acids is 1. The van der Waals surface area contributed by atoms with Crippen LogP contribution in [0.2, 0.25) is 0 Å². The summed E-state index contributed by atoms with van der Waals surface area (Å²) in [5.41, 5.74) is -0.494. The lowest BCUT2D eigenvalue weighted by molar-refractivity contribution is -0.0107. The molecule has 0 bridgehead atoms. The van der Waals surface area contributed by atoms with Crippen LogP contribution in [0.15, 0.2) is 0 Å². The summed E-state index contributed by atoms with van der Waals surface area (Å²) in [6.07, 6.45) is -0.439. The van der Waals surface area contributed by atoms with E-state index in [0.29, 0.717) is 78.5 Å². The van der Waals surface area contributed by atoms with Gasteiger partial charge in [-0.25, -0.2) is 4.79 Å². The van der Waals surface area contributed by atoms with Gasteiger partial charge < -0.3 is 39.1 Å². The smallest absolute Gasteiger partial charge is 0.407 e. The summed E-state index contributed by atoms with van der Waals surface area (Å²) >= 11 is 0. The molecule has 0 aliphatic rings. The predicted molar refractivity (Wildman–Crippen MR) is 116 cm³/mol. The molecular weight excluding hydrogens is 392 g/mol. The van der Waals surface area contributed by atoms with Crippen molar-refractivity contribution in [3.05, 3.63) is 0 Å². The summed E-state index contributed by atoms with van der Waals surface area (Å²) in [4.78, 5) is 11.4. The molecule has 0 aromatic rings. The highest BCUT2D eigenvalue weighted by atomic mass is 16.6. The minimum atomic E-state index is -0.494. The molecule has 180 valence electrons. The van der Waals surface area contributed by atoms with Crippen LogP contribution >= 0.6 is 0 Å². The minimum Gasteiger partial charge on any atom is -0.444 e. The molecule has 0 spiro atoms. The highest BCUT2D eigenvalue weighted by molar-refractivity contribution is 5.67. The normalized spacial score (nSPS) is 11.8. The molecule has 0 aromatic carbocycles. The van der Waals surface area contributed by atoms with Crippen molar-refractivity contribution in [2.45, 2.75) is 40.2 Å². The summed E-state index contributed by atoms with van der Waals surface area (Å²) in [5, 5.41) is 5.95. The van der Waals surface area contributed by atoms with E-state index in [1.165, 1.54) is 0 Å². The maximum absolute atomic E-state index is 11.4. The van der Waals surface area contributed by atoms with Crippen molar-refractivity contribution in [2.24, 2.45) is 5.92 Å². The molecule has 0 fully saturated rings. The van der Waals surface area contributed by atoms with E-state index in [4.69, 9.17) is 28.4 Å². The molecule has 9 heteroatoms. The third kappa shape index (κ3) is 25.1. The van der Waals surface area contributed by atoms with Crippen molar-refractivity contribution in [1.82, 2.24) is 10.6 Å². The number of alkyl carbamates (subject to hydrolysis) is 1. The Morgan fingerprint density at radius 2 is 1.10 bits per heavy atom. The minimum absolute atomic E-state index is 0.401. The van der Waals surface area contributed by atoms with Gasteiger partial charge in [-0.3, -0.25) is 0 Å². The van der Waals surface area contributed by atoms with Gasteiger partial charge in [-0.15, -0.1) is 0 Å². The van der Waals surface area contributed by atoms with E-state index in [1.54, 1.807) is 0 Å². The molecule has 0 saturated heterocycles. The van der Waals surface area contributed by atoms with Gasteiger partial charge >= 0.3 is 6.09 Å². The van der Waals surface area contributed by atoms with Gasteiger partial charge in [0.05, 0.1) is 66.1 Å². The first kappa shape index (κ1) is 29.0. The molecule has 9 nitrogen and oxygen atoms in total. The van der Waals surface area contributed by atoms with Crippen LogP contribution in [-0.4, -0.2) is 97.4 Å². The molecule has 0 atom stereocenters. The number of hydrogen-bond acceptors (Lipinski definition) is 8. The predicted octanol–water partition coefficient (Wildman–Crippen LogP) is 1.84. The van der Waals surface area contributed by atoms with Crippen molar-refractivity contribution in [2.75, 3.05) is 85.7 Å². The van der Waals surface area contributed by atoms with Crippen LogP contribution in [0.1, 0.15) is 34.6 Å². The molecule has 0 saturated carbocycles. The second-order valence-electron chi connectivity index (χ2n) is 8.09. The number of rotatable bonds is 20. The molecule has 0 aliphatic carbocycles. The Balaban J connectivity index is 3.12. The topological polar surface area (TPSA) is 96.5 Å². The summed E-state index contributed by atoms with van der Waals surface area (Å²) in [5.74, 6) is 0.659. The molecule has 0 aliphatic heterocycles. The Morgan fingerprint density at radius 3 is 1.50 bits per heavy atom. The van der Waals surface area contributed by atoms with Gasteiger partial charge in [-0.1, -0.05) is 13.8 Å². The van der Waals surface area contributed by atoms with Gasteiger partial charge in [0.1, 0.15) is 5.60 Å². The largest absolute Gasteiger partial charge is 0.444 e. The maximum Gasteiger partial charge on any atom is 0.407 e. The van der Waals surface area contributed by atoms with E-state index in [9.17, 15) is 4.79 Å². The molecule has 0 rings (SSSR count). The van der Waals surface area contributed by atoms with E-state index in [0.717, 1.165) is 13.1 Å². The molecule has 1 amide bonds. The van der Waals surface area contributed by atoms with Crippen molar-refractivity contribution in [3.8, 4) is 0 Å². The maximum atomic E-state index is 11.4. The number of carbonyl (C=O) groups is 1. The Morgan fingerprint density at radius 1 is 0.700 bits per heavy atom. The standard InChI is InChI=1S/C21H44N2O7/c1-19(2)18-22-6-8-25-10-12-27-14-16-29-17-15-28-13-11-26-9-7-23-20(24)30-21(3,4)5/h19,22H,6-18H2,1-5H3,(H,23,24). The van der Waals surface area contributed by atoms with Gasteiger partial charge in [0.2, 0.25) is 0 Å². The van der Waals surface area contributed by atoms with Crippen LogP contribution < -0.4 is 10.6 Å². The van der Waals surface area contributed by atoms with E-state index in [2.05, 4.69) is 24.5 Å². The summed E-state index contributed by atoms with van der Waals surface area (Å²) in [7, 11) is 0. The average Bonchev–Trinajstić information content (AvgIpc) is 2.64. The molecule has 2 N–H and O–H groups in total. The lowest BCUT2D eigenvalue weighted by Crippen LogP contribution is -2.34. The van der Waals surface area contributed by atoms with Crippen molar-refractivity contribution < 1.29 is 33.2 Å². The first-order valence-electron chi connectivity index (χ1n) is 10.9. The van der Waals surface area contributed by atoms with E-state index in [-0.39, 0.29) is 0 Å². The fraction of sp³-hybridized carbons (Fsp3) is 0.952. The summed E-state index contributed by atoms with van der Waals surface area (Å²) in [6, 6.07) is 0. The van der Waals surface area contributed by atoms with Crippen LogP contribution in [0, 0.1) is 5.92 Å². The lowest BCUT2D eigenvalue weighted by Gasteiger charge is -2.19. The van der Waals surface area contributed by atoms with Gasteiger partial charge in [-0.05, 0) is 33.2 Å². The fourth-order valence-electron chi connectivity index (χ4n) is 2.06. The fourth-order valence-corrected chi connectivity index (χ4v) is 2.06. The van der Waals surface area contributed by atoms with Gasteiger partial charge in [0, 0.05) is 13.1 Å². The number of amides is 1. The molecule has 30 heavy (non-hydrogen) atoms. The summed E-state index contributed by atoms with van der Waals surface area (Å²) < 4.78 is 32.2. The summed E-state index contributed by atoms with van der Waals surface area (Å²) in [6.45, 7) is 17.4. The zero-order valence-electron chi connectivity index (χ0n) is 19.6. The Kier molecular flexibility index (Phi) is 19.3. The Bertz CT molecular complexity index is 390. The highest BCUT2D eigenvalue weighted by Gasteiger charge is 2.15. The monoisotopic (exact) mass is 436 g/mol. The van der Waals surface area contributed by atoms with Crippen LogP contribution in [0.4, 0.5) is 4.79 Å². The highest BCUT2D eigenvalue weighted by Crippen LogP contribution is 2.05. The molecule has 0 heterocycles. The Hall–Kier alpha value is -0.970. The average molecular weight is 437 g/mol. The van der Waals surface area contributed by atoms with Crippen LogP contribution in [-0.2, 0) is 28.4 Å². The third-order valence-corrected chi connectivity index (χ3v) is 3.38. The van der Waals surface area contributed by atoms with E-state index in [1.807, 2.05) is 20.8 Å². The second-order valence-corrected chi connectivity index (χ2v) is 8.09. The van der Waals surface area contributed by atoms with Gasteiger partial charge in [-0.2, -0.15) is 0 Å². The third-order valence-electron chi connectivity index (χ3n) is 3.38. The first-order valence-corrected chi connectivity index (χ1v) is 10.9. The zero-order valence-corrected chi connectivity index (χ0v) is 19.6. The lowest BCUT2D eigenvalue weighted by atomic mass is 10.2. The number of ether oxygens (including phenoxy) is 6. The zero-order chi connectivity index (χ0) is 22.5. The quantitative estimate of drug-likeness (QED) is 0.279. The molecule has 0 radical (unpaired) electrons. The van der Waals surface area contributed by atoms with E-state index >= 15 is 0 Å². The van der Waals surface area contributed by atoms with Crippen molar-refractivity contribution in [1.29, 1.82) is 0 Å².